The number of rotatable bonds is 5. The van der Waals surface area contributed by atoms with Gasteiger partial charge in [0.1, 0.15) is 11.7 Å². The zero-order chi connectivity index (χ0) is 12.8. The second kappa shape index (κ2) is 6.74. The first-order valence-electron chi connectivity index (χ1n) is 6.37. The summed E-state index contributed by atoms with van der Waals surface area (Å²) in [6, 6.07) is 0. The van der Waals surface area contributed by atoms with Crippen LogP contribution in [-0.2, 0) is 19.1 Å². The Morgan fingerprint density at radius 1 is 1.41 bits per heavy atom. The summed E-state index contributed by atoms with van der Waals surface area (Å²) in [5.41, 5.74) is 0. The smallest absolute Gasteiger partial charge is 0.316 e. The SMILES string of the molecule is CCCOC1CCC(=O)[C@@H](C(=O)OC)[C@@H]1CC. The lowest BCUT2D eigenvalue weighted by Crippen LogP contribution is -2.44. The lowest BCUT2D eigenvalue weighted by molar-refractivity contribution is -0.158. The van der Waals surface area contributed by atoms with Crippen LogP contribution in [0.5, 0.6) is 0 Å². The Hall–Kier alpha value is -0.900. The van der Waals surface area contributed by atoms with Crippen LogP contribution in [0.3, 0.4) is 0 Å². The number of carbonyl (C=O) groups is 2. The van der Waals surface area contributed by atoms with E-state index in [2.05, 4.69) is 0 Å². The highest BCUT2D eigenvalue weighted by Crippen LogP contribution is 2.33. The monoisotopic (exact) mass is 242 g/mol. The van der Waals surface area contributed by atoms with Crippen molar-refractivity contribution in [2.24, 2.45) is 11.8 Å². The van der Waals surface area contributed by atoms with Crippen LogP contribution in [-0.4, -0.2) is 31.6 Å². The number of esters is 1. The summed E-state index contributed by atoms with van der Waals surface area (Å²) in [6.45, 7) is 4.72. The fourth-order valence-corrected chi connectivity index (χ4v) is 2.52. The van der Waals surface area contributed by atoms with Crippen molar-refractivity contribution >= 4 is 11.8 Å². The molecule has 17 heavy (non-hydrogen) atoms. The molecule has 0 aromatic heterocycles. The zero-order valence-electron chi connectivity index (χ0n) is 10.9. The summed E-state index contributed by atoms with van der Waals surface area (Å²) < 4.78 is 10.5. The molecular formula is C13H22O4. The quantitative estimate of drug-likeness (QED) is 0.546. The molecule has 0 aromatic carbocycles. The van der Waals surface area contributed by atoms with Gasteiger partial charge in [0.25, 0.3) is 0 Å². The van der Waals surface area contributed by atoms with E-state index >= 15 is 0 Å². The Balaban J connectivity index is 2.77. The molecule has 0 radical (unpaired) electrons. The van der Waals surface area contributed by atoms with E-state index in [1.165, 1.54) is 7.11 Å². The van der Waals surface area contributed by atoms with Crippen LogP contribution in [0.1, 0.15) is 39.5 Å². The number of Topliss-reactive ketones (excluding diaryl/α,β-unsaturated/α-hetero) is 1. The summed E-state index contributed by atoms with van der Waals surface area (Å²) in [4.78, 5) is 23.5. The maximum atomic E-state index is 11.8. The van der Waals surface area contributed by atoms with E-state index in [0.717, 1.165) is 19.3 Å². The average Bonchev–Trinajstić information content (AvgIpc) is 2.35. The minimum absolute atomic E-state index is 0.0000449. The predicted molar refractivity (Wildman–Crippen MR) is 63.6 cm³/mol. The van der Waals surface area contributed by atoms with Crippen molar-refractivity contribution in [2.75, 3.05) is 13.7 Å². The zero-order valence-corrected chi connectivity index (χ0v) is 10.9. The third kappa shape index (κ3) is 3.28. The lowest BCUT2D eigenvalue weighted by atomic mass is 9.75. The van der Waals surface area contributed by atoms with Gasteiger partial charge >= 0.3 is 5.97 Å². The lowest BCUT2D eigenvalue weighted by Gasteiger charge is -2.35. The number of ether oxygens (including phenoxy) is 2. The Bertz CT molecular complexity index is 267. The van der Waals surface area contributed by atoms with Crippen molar-refractivity contribution in [3.05, 3.63) is 0 Å². The first-order valence-corrected chi connectivity index (χ1v) is 6.37. The first kappa shape index (κ1) is 14.2. The van der Waals surface area contributed by atoms with Gasteiger partial charge in [0.15, 0.2) is 0 Å². The number of carbonyl (C=O) groups excluding carboxylic acids is 2. The largest absolute Gasteiger partial charge is 0.468 e. The number of hydrogen-bond acceptors (Lipinski definition) is 4. The third-order valence-corrected chi connectivity index (χ3v) is 3.39. The Kier molecular flexibility index (Phi) is 5.62. The molecule has 1 rings (SSSR count). The van der Waals surface area contributed by atoms with Crippen molar-refractivity contribution in [1.29, 1.82) is 0 Å². The molecule has 3 atom stereocenters. The van der Waals surface area contributed by atoms with Crippen LogP contribution in [0, 0.1) is 11.8 Å². The average molecular weight is 242 g/mol. The molecule has 1 saturated carbocycles. The van der Waals surface area contributed by atoms with Crippen LogP contribution in [0.15, 0.2) is 0 Å². The molecule has 1 aliphatic rings. The summed E-state index contributed by atoms with van der Waals surface area (Å²) >= 11 is 0. The van der Waals surface area contributed by atoms with Crippen LogP contribution in [0.2, 0.25) is 0 Å². The minimum Gasteiger partial charge on any atom is -0.468 e. The summed E-state index contributed by atoms with van der Waals surface area (Å²) in [5, 5.41) is 0. The van der Waals surface area contributed by atoms with Gasteiger partial charge in [-0.25, -0.2) is 0 Å². The van der Waals surface area contributed by atoms with E-state index in [-0.39, 0.29) is 17.8 Å². The molecule has 0 heterocycles. The molecule has 0 aromatic rings. The topological polar surface area (TPSA) is 52.6 Å². The van der Waals surface area contributed by atoms with Crippen molar-refractivity contribution in [2.45, 2.75) is 45.6 Å². The van der Waals surface area contributed by atoms with Crippen molar-refractivity contribution in [3.63, 3.8) is 0 Å². The molecule has 0 saturated heterocycles. The van der Waals surface area contributed by atoms with Crippen LogP contribution in [0.4, 0.5) is 0 Å². The molecule has 1 unspecified atom stereocenters. The highest BCUT2D eigenvalue weighted by molar-refractivity contribution is 5.99. The fraction of sp³-hybridized carbons (Fsp3) is 0.846. The molecule has 0 spiro atoms. The highest BCUT2D eigenvalue weighted by Gasteiger charge is 2.42. The summed E-state index contributed by atoms with van der Waals surface area (Å²) in [7, 11) is 1.33. The van der Waals surface area contributed by atoms with Gasteiger partial charge in [0.2, 0.25) is 0 Å². The Labute approximate surface area is 103 Å². The Morgan fingerprint density at radius 2 is 2.12 bits per heavy atom. The maximum Gasteiger partial charge on any atom is 0.316 e. The summed E-state index contributed by atoms with van der Waals surface area (Å²) in [6.07, 6.45) is 2.88. The molecule has 4 nitrogen and oxygen atoms in total. The van der Waals surface area contributed by atoms with Gasteiger partial charge in [-0.2, -0.15) is 0 Å². The molecule has 98 valence electrons. The van der Waals surface area contributed by atoms with Gasteiger partial charge in [-0.15, -0.1) is 0 Å². The second-order valence-corrected chi connectivity index (χ2v) is 4.49. The van der Waals surface area contributed by atoms with Crippen molar-refractivity contribution < 1.29 is 19.1 Å². The minimum atomic E-state index is -0.624. The van der Waals surface area contributed by atoms with Gasteiger partial charge < -0.3 is 9.47 Å². The molecule has 0 bridgehead atoms. The molecule has 0 aliphatic heterocycles. The standard InChI is InChI=1S/C13H22O4/c1-4-8-17-11-7-6-10(14)12(9(11)5-2)13(15)16-3/h9,11-12H,4-8H2,1-3H3/t9-,11?,12+/m1/s1. The fourth-order valence-electron chi connectivity index (χ4n) is 2.52. The molecule has 4 heteroatoms. The van der Waals surface area contributed by atoms with Crippen molar-refractivity contribution in [1.82, 2.24) is 0 Å². The highest BCUT2D eigenvalue weighted by atomic mass is 16.5. The predicted octanol–water partition coefficient (Wildman–Crippen LogP) is 1.96. The van der Waals surface area contributed by atoms with Crippen molar-refractivity contribution in [3.8, 4) is 0 Å². The van der Waals surface area contributed by atoms with Gasteiger partial charge in [0.05, 0.1) is 13.2 Å². The molecule has 1 fully saturated rings. The van der Waals surface area contributed by atoms with Gasteiger partial charge in [-0.3, -0.25) is 9.59 Å². The van der Waals surface area contributed by atoms with E-state index in [9.17, 15) is 9.59 Å². The summed E-state index contributed by atoms with van der Waals surface area (Å²) in [5.74, 6) is -1.07. The van der Waals surface area contributed by atoms with E-state index in [1.807, 2.05) is 13.8 Å². The maximum absolute atomic E-state index is 11.8. The van der Waals surface area contributed by atoms with E-state index in [4.69, 9.17) is 9.47 Å². The van der Waals surface area contributed by atoms with Gasteiger partial charge in [-0.05, 0) is 19.3 Å². The molecular weight excluding hydrogens is 220 g/mol. The normalized spacial score (nSPS) is 29.1. The Morgan fingerprint density at radius 3 is 2.65 bits per heavy atom. The van der Waals surface area contributed by atoms with E-state index in [0.29, 0.717) is 13.0 Å². The van der Waals surface area contributed by atoms with Gasteiger partial charge in [0, 0.05) is 18.9 Å². The van der Waals surface area contributed by atoms with E-state index < -0.39 is 11.9 Å². The van der Waals surface area contributed by atoms with E-state index in [1.54, 1.807) is 0 Å². The van der Waals surface area contributed by atoms with Gasteiger partial charge in [-0.1, -0.05) is 13.8 Å². The third-order valence-electron chi connectivity index (χ3n) is 3.39. The molecule has 1 aliphatic carbocycles. The van der Waals surface area contributed by atoms with Crippen LogP contribution >= 0.6 is 0 Å². The molecule has 0 N–H and O–H groups in total. The molecule has 0 amide bonds. The number of ketones is 1. The first-order chi connectivity index (χ1) is 8.15. The second-order valence-electron chi connectivity index (χ2n) is 4.49. The number of hydrogen-bond donors (Lipinski definition) is 0. The number of methoxy groups -OCH3 is 1. The van der Waals surface area contributed by atoms with Crippen LogP contribution in [0.25, 0.3) is 0 Å². The van der Waals surface area contributed by atoms with Crippen LogP contribution < -0.4 is 0 Å².